The predicted molar refractivity (Wildman–Crippen MR) is 56.6 cm³/mol. The van der Waals surface area contributed by atoms with Crippen LogP contribution in [0.2, 0.25) is 0 Å². The molecule has 6 heteroatoms. The van der Waals surface area contributed by atoms with E-state index in [1.807, 2.05) is 0 Å². The number of aromatic amines is 2. The molecular weight excluding hydrogens is 214 g/mol. The van der Waals surface area contributed by atoms with Crippen LogP contribution < -0.4 is 10.3 Å². The SMILES string of the molecule is O=c1[nH]c(=S)[nH]cc1Oc1cccnc1. The molecule has 2 heterocycles. The molecule has 5 nitrogen and oxygen atoms in total. The quantitative estimate of drug-likeness (QED) is 0.756. The normalized spacial score (nSPS) is 9.87. The van der Waals surface area contributed by atoms with Gasteiger partial charge in [-0.1, -0.05) is 0 Å². The van der Waals surface area contributed by atoms with Crippen molar-refractivity contribution in [1.82, 2.24) is 15.0 Å². The average Bonchev–Trinajstić information content (AvgIpc) is 2.24. The van der Waals surface area contributed by atoms with Crippen molar-refractivity contribution >= 4 is 12.2 Å². The van der Waals surface area contributed by atoms with Crippen molar-refractivity contribution < 1.29 is 4.74 Å². The first-order valence-electron chi connectivity index (χ1n) is 4.15. The molecule has 0 unspecified atom stereocenters. The highest BCUT2D eigenvalue weighted by Gasteiger charge is 2.01. The summed E-state index contributed by atoms with van der Waals surface area (Å²) in [6.45, 7) is 0. The lowest BCUT2D eigenvalue weighted by Gasteiger charge is -2.02. The zero-order chi connectivity index (χ0) is 10.7. The van der Waals surface area contributed by atoms with Gasteiger partial charge in [-0.05, 0) is 24.4 Å². The number of aromatic nitrogens is 3. The van der Waals surface area contributed by atoms with E-state index in [2.05, 4.69) is 15.0 Å². The third kappa shape index (κ3) is 2.29. The van der Waals surface area contributed by atoms with Crippen LogP contribution in [0.15, 0.2) is 35.5 Å². The number of nitrogens with zero attached hydrogens (tertiary/aromatic N) is 1. The average molecular weight is 221 g/mol. The lowest BCUT2D eigenvalue weighted by atomic mass is 10.4. The maximum atomic E-state index is 11.4. The minimum atomic E-state index is -0.373. The third-order valence-electron chi connectivity index (χ3n) is 1.65. The van der Waals surface area contributed by atoms with Crippen molar-refractivity contribution in [3.05, 3.63) is 45.8 Å². The van der Waals surface area contributed by atoms with E-state index in [1.165, 1.54) is 12.4 Å². The van der Waals surface area contributed by atoms with Crippen molar-refractivity contribution in [2.75, 3.05) is 0 Å². The lowest BCUT2D eigenvalue weighted by molar-refractivity contribution is 0.469. The summed E-state index contributed by atoms with van der Waals surface area (Å²) in [4.78, 5) is 20.3. The van der Waals surface area contributed by atoms with Crippen molar-refractivity contribution in [2.24, 2.45) is 0 Å². The Morgan fingerprint density at radius 2 is 2.33 bits per heavy atom. The fourth-order valence-electron chi connectivity index (χ4n) is 1.01. The second kappa shape index (κ2) is 4.05. The summed E-state index contributed by atoms with van der Waals surface area (Å²) in [5.74, 6) is 0.644. The minimum Gasteiger partial charge on any atom is -0.448 e. The molecule has 0 saturated carbocycles. The Morgan fingerprint density at radius 1 is 1.47 bits per heavy atom. The van der Waals surface area contributed by atoms with Crippen LogP contribution in [0.25, 0.3) is 0 Å². The topological polar surface area (TPSA) is 70.8 Å². The molecule has 0 fully saturated rings. The predicted octanol–water partition coefficient (Wildman–Crippen LogP) is 1.62. The summed E-state index contributed by atoms with van der Waals surface area (Å²) in [5, 5.41) is 0. The molecule has 0 spiro atoms. The van der Waals surface area contributed by atoms with Crippen LogP contribution in [0.5, 0.6) is 11.5 Å². The van der Waals surface area contributed by atoms with E-state index in [9.17, 15) is 4.79 Å². The van der Waals surface area contributed by atoms with Crippen molar-refractivity contribution in [3.8, 4) is 11.5 Å². The van der Waals surface area contributed by atoms with E-state index in [4.69, 9.17) is 17.0 Å². The first-order chi connectivity index (χ1) is 7.25. The summed E-state index contributed by atoms with van der Waals surface area (Å²) in [5.41, 5.74) is -0.373. The van der Waals surface area contributed by atoms with Gasteiger partial charge in [-0.2, -0.15) is 0 Å². The fourth-order valence-corrected chi connectivity index (χ4v) is 1.16. The van der Waals surface area contributed by atoms with Gasteiger partial charge in [-0.15, -0.1) is 0 Å². The molecule has 0 aliphatic heterocycles. The first-order valence-corrected chi connectivity index (χ1v) is 4.56. The number of H-pyrrole nitrogens is 2. The van der Waals surface area contributed by atoms with Crippen LogP contribution in [-0.2, 0) is 0 Å². The Labute approximate surface area is 89.8 Å². The molecule has 0 saturated heterocycles. The minimum absolute atomic E-state index is 0.150. The molecule has 0 amide bonds. The summed E-state index contributed by atoms with van der Waals surface area (Å²) < 4.78 is 5.54. The molecule has 2 N–H and O–H groups in total. The smallest absolute Gasteiger partial charge is 0.294 e. The van der Waals surface area contributed by atoms with E-state index >= 15 is 0 Å². The van der Waals surface area contributed by atoms with Crippen molar-refractivity contribution in [1.29, 1.82) is 0 Å². The van der Waals surface area contributed by atoms with Crippen LogP contribution in [0.4, 0.5) is 0 Å². The number of hydrogen-bond donors (Lipinski definition) is 2. The van der Waals surface area contributed by atoms with Gasteiger partial charge < -0.3 is 9.72 Å². The Kier molecular flexibility index (Phi) is 2.59. The molecule has 2 rings (SSSR count). The molecule has 0 atom stereocenters. The standard InChI is InChI=1S/C9H7N3O2S/c13-8-7(5-11-9(15)12-8)14-6-2-1-3-10-4-6/h1-5H,(H2,11,12,13,15). The number of nitrogens with one attached hydrogen (secondary N) is 2. The van der Waals surface area contributed by atoms with Gasteiger partial charge >= 0.3 is 0 Å². The summed E-state index contributed by atoms with van der Waals surface area (Å²) >= 11 is 4.74. The molecular formula is C9H7N3O2S. The largest absolute Gasteiger partial charge is 0.448 e. The van der Waals surface area contributed by atoms with Crippen molar-refractivity contribution in [3.63, 3.8) is 0 Å². The fraction of sp³-hybridized carbons (Fsp3) is 0. The van der Waals surface area contributed by atoms with E-state index in [0.29, 0.717) is 5.75 Å². The second-order valence-electron chi connectivity index (χ2n) is 2.73. The maximum absolute atomic E-state index is 11.4. The van der Waals surface area contributed by atoms with Crippen LogP contribution in [-0.4, -0.2) is 15.0 Å². The highest BCUT2D eigenvalue weighted by molar-refractivity contribution is 7.71. The van der Waals surface area contributed by atoms with Crippen LogP contribution >= 0.6 is 12.2 Å². The molecule has 0 aromatic carbocycles. The molecule has 15 heavy (non-hydrogen) atoms. The Balaban J connectivity index is 2.33. The van der Waals surface area contributed by atoms with Crippen LogP contribution in [0.1, 0.15) is 0 Å². The first kappa shape index (κ1) is 9.60. The molecule has 2 aromatic rings. The lowest BCUT2D eigenvalue weighted by Crippen LogP contribution is -2.09. The van der Waals surface area contributed by atoms with Crippen LogP contribution in [0, 0.1) is 4.77 Å². The summed E-state index contributed by atoms with van der Waals surface area (Å²) in [6.07, 6.45) is 4.55. The van der Waals surface area contributed by atoms with Gasteiger partial charge in [0.05, 0.1) is 12.4 Å². The van der Waals surface area contributed by atoms with Gasteiger partial charge in [0.2, 0.25) is 5.75 Å². The number of ether oxygens (including phenoxy) is 1. The van der Waals surface area contributed by atoms with Gasteiger partial charge in [-0.25, -0.2) is 0 Å². The van der Waals surface area contributed by atoms with Crippen LogP contribution in [0.3, 0.4) is 0 Å². The number of hydrogen-bond acceptors (Lipinski definition) is 4. The van der Waals surface area contributed by atoms with Crippen molar-refractivity contribution in [2.45, 2.75) is 0 Å². The van der Waals surface area contributed by atoms with E-state index in [-0.39, 0.29) is 16.1 Å². The van der Waals surface area contributed by atoms with Gasteiger partial charge in [0.25, 0.3) is 5.56 Å². The zero-order valence-electron chi connectivity index (χ0n) is 7.56. The number of pyridine rings is 1. The van der Waals surface area contributed by atoms with E-state index < -0.39 is 0 Å². The number of rotatable bonds is 2. The highest BCUT2D eigenvalue weighted by Crippen LogP contribution is 2.14. The Bertz CT molecular complexity index is 561. The summed E-state index contributed by atoms with van der Waals surface area (Å²) in [7, 11) is 0. The molecule has 76 valence electrons. The molecule has 2 aromatic heterocycles. The van der Waals surface area contributed by atoms with E-state index in [1.54, 1.807) is 18.3 Å². The van der Waals surface area contributed by atoms with Gasteiger partial charge in [0.1, 0.15) is 5.75 Å². The second-order valence-corrected chi connectivity index (χ2v) is 3.14. The summed E-state index contributed by atoms with van der Waals surface area (Å²) in [6, 6.07) is 3.42. The molecule has 0 radical (unpaired) electrons. The Hall–Kier alpha value is -1.95. The molecule has 0 bridgehead atoms. The zero-order valence-corrected chi connectivity index (χ0v) is 8.38. The molecule has 0 aliphatic rings. The molecule has 0 aliphatic carbocycles. The van der Waals surface area contributed by atoms with Gasteiger partial charge in [-0.3, -0.25) is 14.8 Å². The van der Waals surface area contributed by atoms with Gasteiger partial charge in [0, 0.05) is 6.20 Å². The van der Waals surface area contributed by atoms with E-state index in [0.717, 1.165) is 0 Å². The Morgan fingerprint density at radius 3 is 3.00 bits per heavy atom. The highest BCUT2D eigenvalue weighted by atomic mass is 32.1. The van der Waals surface area contributed by atoms with Gasteiger partial charge in [0.15, 0.2) is 4.77 Å². The maximum Gasteiger partial charge on any atom is 0.294 e. The third-order valence-corrected chi connectivity index (χ3v) is 1.87. The monoisotopic (exact) mass is 221 g/mol.